The van der Waals surface area contributed by atoms with Crippen LogP contribution >= 0.6 is 39.9 Å². The SMILES string of the molecule is CCN1C[C@H](Oc2nc(Cl)cc3ccc(Br)cc23)C[C@H]1C(=O)O.Cl. The average Bonchev–Trinajstić information content (AvgIpc) is 2.91. The van der Waals surface area contributed by atoms with Gasteiger partial charge >= 0.3 is 5.97 Å². The van der Waals surface area contributed by atoms with Gasteiger partial charge in [0.05, 0.1) is 0 Å². The molecule has 1 aliphatic heterocycles. The van der Waals surface area contributed by atoms with E-state index in [-0.39, 0.29) is 18.5 Å². The van der Waals surface area contributed by atoms with Crippen LogP contribution in [0.15, 0.2) is 28.7 Å². The topological polar surface area (TPSA) is 62.7 Å². The Morgan fingerprint density at radius 2 is 2.25 bits per heavy atom. The number of carboxylic acid groups (broad SMARTS) is 1. The molecule has 0 saturated carbocycles. The molecule has 0 radical (unpaired) electrons. The molecule has 1 N–H and O–H groups in total. The van der Waals surface area contributed by atoms with Crippen LogP contribution in [0.25, 0.3) is 10.8 Å². The average molecular weight is 436 g/mol. The number of aliphatic carboxylic acids is 1. The van der Waals surface area contributed by atoms with Gasteiger partial charge in [-0.3, -0.25) is 9.69 Å². The molecule has 0 spiro atoms. The summed E-state index contributed by atoms with van der Waals surface area (Å²) in [5.41, 5.74) is 0. The molecular formula is C16H17BrCl2N2O3. The van der Waals surface area contributed by atoms with Crippen LogP contribution in [0.5, 0.6) is 5.88 Å². The van der Waals surface area contributed by atoms with E-state index in [1.54, 1.807) is 6.07 Å². The molecule has 2 heterocycles. The maximum absolute atomic E-state index is 11.3. The minimum atomic E-state index is -0.815. The van der Waals surface area contributed by atoms with Crippen LogP contribution < -0.4 is 4.74 Å². The molecule has 130 valence electrons. The summed E-state index contributed by atoms with van der Waals surface area (Å²) in [6.45, 7) is 3.19. The standard InChI is InChI=1S/C16H16BrClN2O3.ClH/c1-2-20-8-11(7-13(20)16(21)22)23-15-12-6-10(17)4-3-9(12)5-14(18)19-15;/h3-6,11,13H,2,7-8H2,1H3,(H,21,22);1H/t11-,13+;/m1./s1. The van der Waals surface area contributed by atoms with Crippen molar-refractivity contribution in [3.05, 3.63) is 33.9 Å². The summed E-state index contributed by atoms with van der Waals surface area (Å²) >= 11 is 9.52. The number of aromatic nitrogens is 1. The van der Waals surface area contributed by atoms with Gasteiger partial charge in [0.2, 0.25) is 5.88 Å². The molecule has 2 aromatic rings. The van der Waals surface area contributed by atoms with Crippen molar-refractivity contribution in [3.8, 4) is 5.88 Å². The first-order valence-electron chi connectivity index (χ1n) is 7.37. The van der Waals surface area contributed by atoms with E-state index in [0.717, 1.165) is 15.2 Å². The Hall–Kier alpha value is -1.08. The number of likely N-dealkylation sites (N-methyl/N-ethyl adjacent to an activating group) is 1. The Labute approximate surface area is 159 Å². The van der Waals surface area contributed by atoms with Gasteiger partial charge < -0.3 is 9.84 Å². The van der Waals surface area contributed by atoms with Crippen LogP contribution in [0, 0.1) is 0 Å². The second-order valence-corrected chi connectivity index (χ2v) is 6.84. The summed E-state index contributed by atoms with van der Waals surface area (Å²) in [7, 11) is 0. The number of fused-ring (bicyclic) bond motifs is 1. The fourth-order valence-corrected chi connectivity index (χ4v) is 3.51. The summed E-state index contributed by atoms with van der Waals surface area (Å²) < 4.78 is 6.94. The lowest BCUT2D eigenvalue weighted by atomic mass is 10.1. The molecule has 3 rings (SSSR count). The van der Waals surface area contributed by atoms with Gasteiger partial charge in [0, 0.05) is 22.8 Å². The molecule has 1 aromatic heterocycles. The molecular weight excluding hydrogens is 419 g/mol. The van der Waals surface area contributed by atoms with Gasteiger partial charge in [0.1, 0.15) is 17.3 Å². The Morgan fingerprint density at radius 1 is 1.50 bits per heavy atom. The Kier molecular flexibility index (Phi) is 6.31. The summed E-state index contributed by atoms with van der Waals surface area (Å²) in [5, 5.41) is 11.5. The number of ether oxygens (including phenoxy) is 1. The predicted molar refractivity (Wildman–Crippen MR) is 99.4 cm³/mol. The van der Waals surface area contributed by atoms with Gasteiger partial charge in [-0.25, -0.2) is 4.98 Å². The zero-order valence-electron chi connectivity index (χ0n) is 12.9. The van der Waals surface area contributed by atoms with Gasteiger partial charge in [-0.1, -0.05) is 40.5 Å². The van der Waals surface area contributed by atoms with Crippen molar-refractivity contribution in [2.24, 2.45) is 0 Å². The van der Waals surface area contributed by atoms with E-state index in [2.05, 4.69) is 20.9 Å². The second kappa shape index (κ2) is 7.87. The van der Waals surface area contributed by atoms with Gasteiger partial charge in [0.25, 0.3) is 0 Å². The largest absolute Gasteiger partial charge is 0.480 e. The number of likely N-dealkylation sites (tertiary alicyclic amines) is 1. The highest BCUT2D eigenvalue weighted by molar-refractivity contribution is 9.10. The van der Waals surface area contributed by atoms with E-state index in [1.807, 2.05) is 30.0 Å². The molecule has 0 amide bonds. The lowest BCUT2D eigenvalue weighted by Crippen LogP contribution is -2.35. The van der Waals surface area contributed by atoms with Crippen molar-refractivity contribution in [1.29, 1.82) is 0 Å². The van der Waals surface area contributed by atoms with Crippen LogP contribution in [-0.2, 0) is 4.79 Å². The second-order valence-electron chi connectivity index (χ2n) is 5.53. The van der Waals surface area contributed by atoms with Crippen molar-refractivity contribution in [1.82, 2.24) is 9.88 Å². The minimum Gasteiger partial charge on any atom is -0.480 e. The quantitative estimate of drug-likeness (QED) is 0.735. The normalized spacial score (nSPS) is 20.8. The van der Waals surface area contributed by atoms with Crippen LogP contribution in [0.3, 0.4) is 0 Å². The minimum absolute atomic E-state index is 0. The zero-order chi connectivity index (χ0) is 16.6. The molecule has 0 bridgehead atoms. The number of nitrogens with zero attached hydrogens (tertiary/aromatic N) is 2. The molecule has 0 aliphatic carbocycles. The highest BCUT2D eigenvalue weighted by Gasteiger charge is 2.37. The first kappa shape index (κ1) is 19.2. The highest BCUT2D eigenvalue weighted by Crippen LogP contribution is 2.31. The molecule has 1 aromatic carbocycles. The summed E-state index contributed by atoms with van der Waals surface area (Å²) in [4.78, 5) is 17.5. The zero-order valence-corrected chi connectivity index (χ0v) is 16.1. The molecule has 5 nitrogen and oxygen atoms in total. The maximum atomic E-state index is 11.3. The summed E-state index contributed by atoms with van der Waals surface area (Å²) in [6, 6.07) is 7.06. The Balaban J connectivity index is 0.00000208. The highest BCUT2D eigenvalue weighted by atomic mass is 79.9. The molecule has 1 saturated heterocycles. The molecule has 24 heavy (non-hydrogen) atoms. The number of rotatable bonds is 4. The van der Waals surface area contributed by atoms with E-state index in [9.17, 15) is 9.90 Å². The van der Waals surface area contributed by atoms with Crippen LogP contribution in [-0.4, -0.2) is 46.2 Å². The maximum Gasteiger partial charge on any atom is 0.321 e. The van der Waals surface area contributed by atoms with Gasteiger partial charge in [-0.05, 0) is 30.1 Å². The lowest BCUT2D eigenvalue weighted by Gasteiger charge is -2.18. The van der Waals surface area contributed by atoms with E-state index in [4.69, 9.17) is 16.3 Å². The molecule has 1 fully saturated rings. The van der Waals surface area contributed by atoms with E-state index in [0.29, 0.717) is 30.5 Å². The third-order valence-electron chi connectivity index (χ3n) is 4.06. The molecule has 8 heteroatoms. The third kappa shape index (κ3) is 3.94. The van der Waals surface area contributed by atoms with E-state index in [1.165, 1.54) is 0 Å². The summed E-state index contributed by atoms with van der Waals surface area (Å²) in [5.74, 6) is -0.370. The number of hydrogen-bond donors (Lipinski definition) is 1. The van der Waals surface area contributed by atoms with Crippen molar-refractivity contribution in [2.45, 2.75) is 25.5 Å². The van der Waals surface area contributed by atoms with E-state index < -0.39 is 12.0 Å². The van der Waals surface area contributed by atoms with Crippen LogP contribution in [0.4, 0.5) is 0 Å². The van der Waals surface area contributed by atoms with Gasteiger partial charge in [0.15, 0.2) is 0 Å². The first-order valence-corrected chi connectivity index (χ1v) is 8.54. The Bertz CT molecular complexity index is 759. The van der Waals surface area contributed by atoms with Gasteiger partial charge in [-0.15, -0.1) is 12.4 Å². The smallest absolute Gasteiger partial charge is 0.321 e. The number of carboxylic acids is 1. The third-order valence-corrected chi connectivity index (χ3v) is 4.75. The number of halogens is 3. The van der Waals surface area contributed by atoms with Crippen molar-refractivity contribution in [3.63, 3.8) is 0 Å². The van der Waals surface area contributed by atoms with Crippen LogP contribution in [0.2, 0.25) is 5.15 Å². The monoisotopic (exact) mass is 434 g/mol. The van der Waals surface area contributed by atoms with Crippen molar-refractivity contribution >= 4 is 56.7 Å². The lowest BCUT2D eigenvalue weighted by molar-refractivity contribution is -0.142. The number of carbonyl (C=O) groups is 1. The fraction of sp³-hybridized carbons (Fsp3) is 0.375. The number of pyridine rings is 1. The molecule has 0 unspecified atom stereocenters. The predicted octanol–water partition coefficient (Wildman–Crippen LogP) is 4.00. The molecule has 1 aliphatic rings. The first-order chi connectivity index (χ1) is 11.0. The van der Waals surface area contributed by atoms with E-state index >= 15 is 0 Å². The van der Waals surface area contributed by atoms with Crippen LogP contribution in [0.1, 0.15) is 13.3 Å². The molecule has 2 atom stereocenters. The Morgan fingerprint density at radius 3 is 2.88 bits per heavy atom. The summed E-state index contributed by atoms with van der Waals surface area (Å²) in [6.07, 6.45) is 0.219. The van der Waals surface area contributed by atoms with Crippen molar-refractivity contribution < 1.29 is 14.6 Å². The van der Waals surface area contributed by atoms with Gasteiger partial charge in [-0.2, -0.15) is 0 Å². The number of benzene rings is 1. The number of hydrogen-bond acceptors (Lipinski definition) is 4. The fourth-order valence-electron chi connectivity index (χ4n) is 2.96. The van der Waals surface area contributed by atoms with Crippen molar-refractivity contribution in [2.75, 3.05) is 13.1 Å².